The summed E-state index contributed by atoms with van der Waals surface area (Å²) in [6.07, 6.45) is 2.30. The lowest BCUT2D eigenvalue weighted by Gasteiger charge is -2.05. The van der Waals surface area contributed by atoms with Crippen molar-refractivity contribution >= 4 is 45.0 Å². The van der Waals surface area contributed by atoms with Gasteiger partial charge >= 0.3 is 0 Å². The van der Waals surface area contributed by atoms with E-state index in [1.807, 2.05) is 48.5 Å². The molecule has 3 rings (SSSR count). The maximum atomic E-state index is 12.1. The summed E-state index contributed by atoms with van der Waals surface area (Å²) in [5.74, 6) is 0.754. The molecule has 1 aliphatic rings. The third kappa shape index (κ3) is 4.93. The zero-order chi connectivity index (χ0) is 17.6. The second-order valence-corrected chi connectivity index (χ2v) is 7.46. The molecule has 1 fully saturated rings. The highest BCUT2D eigenvalue weighted by atomic mass is 79.9. The van der Waals surface area contributed by atoms with Crippen LogP contribution < -0.4 is 10.1 Å². The molecule has 1 aliphatic heterocycles. The fraction of sp³-hybridized carbons (Fsp3) is 0.167. The number of hydrogen-bond donors (Lipinski definition) is 1. The summed E-state index contributed by atoms with van der Waals surface area (Å²) in [4.78, 5) is 12.1. The minimum absolute atomic E-state index is 0.0358. The monoisotopic (exact) mass is 417 g/mol. The molecule has 128 valence electrons. The second-order valence-electron chi connectivity index (χ2n) is 5.35. The number of nitrogens with one attached hydrogen (secondary N) is 1. The number of benzene rings is 2. The van der Waals surface area contributed by atoms with Crippen LogP contribution in [-0.2, 0) is 11.2 Å². The molecule has 1 heterocycles. The highest BCUT2D eigenvalue weighted by Gasteiger charge is 2.30. The molecule has 1 N–H and O–H groups in total. The Balaban J connectivity index is 1.60. The molecule has 1 amide bonds. The van der Waals surface area contributed by atoms with Crippen molar-refractivity contribution in [1.29, 1.82) is 0 Å². The number of ether oxygens (including phenoxy) is 1. The molecule has 7 heteroatoms. The van der Waals surface area contributed by atoms with Crippen LogP contribution in [0.15, 0.2) is 63.2 Å². The molecular formula is C18H16BrN3O2S. The molecule has 1 atom stereocenters. The van der Waals surface area contributed by atoms with Crippen LogP contribution in [0.3, 0.4) is 0 Å². The summed E-state index contributed by atoms with van der Waals surface area (Å²) >= 11 is 4.81. The first-order valence-corrected chi connectivity index (χ1v) is 9.28. The molecule has 2 aromatic rings. The van der Waals surface area contributed by atoms with Gasteiger partial charge in [-0.1, -0.05) is 39.8 Å². The van der Waals surface area contributed by atoms with Crippen LogP contribution in [0.4, 0.5) is 0 Å². The van der Waals surface area contributed by atoms with Crippen LogP contribution in [0.2, 0.25) is 0 Å². The first kappa shape index (κ1) is 17.7. The van der Waals surface area contributed by atoms with E-state index < -0.39 is 0 Å². The lowest BCUT2D eigenvalue weighted by atomic mass is 10.1. The van der Waals surface area contributed by atoms with Crippen LogP contribution in [0, 0.1) is 0 Å². The SMILES string of the molecule is COc1ccc(/C=N\N=C2/NC(=O)[C@H](Cc3ccc(Br)cc3)S2)cc1. The van der Waals surface area contributed by atoms with Crippen molar-refractivity contribution in [1.82, 2.24) is 5.32 Å². The number of rotatable bonds is 5. The Labute approximate surface area is 158 Å². The maximum absolute atomic E-state index is 12.1. The average Bonchev–Trinajstić information content (AvgIpc) is 2.97. The lowest BCUT2D eigenvalue weighted by molar-refractivity contribution is -0.118. The van der Waals surface area contributed by atoms with Crippen molar-refractivity contribution in [2.45, 2.75) is 11.7 Å². The molecule has 0 aromatic heterocycles. The summed E-state index contributed by atoms with van der Waals surface area (Å²) < 4.78 is 6.13. The summed E-state index contributed by atoms with van der Waals surface area (Å²) in [6, 6.07) is 15.5. The Morgan fingerprint density at radius 3 is 2.60 bits per heavy atom. The fourth-order valence-corrected chi connectivity index (χ4v) is 3.49. The number of carbonyl (C=O) groups is 1. The highest BCUT2D eigenvalue weighted by molar-refractivity contribution is 9.10. The van der Waals surface area contributed by atoms with E-state index in [1.54, 1.807) is 13.3 Å². The van der Waals surface area contributed by atoms with Crippen molar-refractivity contribution < 1.29 is 9.53 Å². The maximum Gasteiger partial charge on any atom is 0.239 e. The number of thioether (sulfide) groups is 1. The molecular weight excluding hydrogens is 402 g/mol. The number of nitrogens with zero attached hydrogens (tertiary/aromatic N) is 2. The van der Waals surface area contributed by atoms with Gasteiger partial charge in [-0.25, -0.2) is 0 Å². The van der Waals surface area contributed by atoms with E-state index in [-0.39, 0.29) is 11.2 Å². The van der Waals surface area contributed by atoms with Gasteiger partial charge in [0.25, 0.3) is 0 Å². The summed E-state index contributed by atoms with van der Waals surface area (Å²) in [5.41, 5.74) is 2.02. The predicted octanol–water partition coefficient (Wildman–Crippen LogP) is 3.62. The fourth-order valence-electron chi connectivity index (χ4n) is 2.26. The molecule has 0 radical (unpaired) electrons. The van der Waals surface area contributed by atoms with Gasteiger partial charge in [-0.3, -0.25) is 4.79 Å². The normalized spacial score (nSPS) is 18.7. The van der Waals surface area contributed by atoms with Gasteiger partial charge in [-0.15, -0.1) is 5.10 Å². The second kappa shape index (κ2) is 8.31. The zero-order valence-corrected chi connectivity index (χ0v) is 15.9. The molecule has 1 saturated heterocycles. The van der Waals surface area contributed by atoms with Gasteiger partial charge in [0.1, 0.15) is 5.75 Å². The first-order chi connectivity index (χ1) is 12.1. The van der Waals surface area contributed by atoms with E-state index in [2.05, 4.69) is 31.4 Å². The molecule has 5 nitrogen and oxygen atoms in total. The average molecular weight is 418 g/mol. The van der Waals surface area contributed by atoms with Crippen LogP contribution in [-0.4, -0.2) is 29.6 Å². The number of halogens is 1. The third-order valence-electron chi connectivity index (χ3n) is 3.58. The van der Waals surface area contributed by atoms with Gasteiger partial charge in [0, 0.05) is 4.47 Å². The van der Waals surface area contributed by atoms with Crippen molar-refractivity contribution in [3.8, 4) is 5.75 Å². The number of hydrogen-bond acceptors (Lipinski definition) is 5. The topological polar surface area (TPSA) is 63.1 Å². The predicted molar refractivity (Wildman–Crippen MR) is 105 cm³/mol. The van der Waals surface area contributed by atoms with E-state index in [4.69, 9.17) is 4.74 Å². The first-order valence-electron chi connectivity index (χ1n) is 7.61. The van der Waals surface area contributed by atoms with Gasteiger partial charge < -0.3 is 10.1 Å². The zero-order valence-electron chi connectivity index (χ0n) is 13.5. The van der Waals surface area contributed by atoms with Gasteiger partial charge in [0.05, 0.1) is 18.6 Å². The Morgan fingerprint density at radius 1 is 1.20 bits per heavy atom. The molecule has 0 bridgehead atoms. The van der Waals surface area contributed by atoms with E-state index in [0.717, 1.165) is 21.3 Å². The van der Waals surface area contributed by atoms with E-state index in [9.17, 15) is 4.79 Å². The highest BCUT2D eigenvalue weighted by Crippen LogP contribution is 2.24. The summed E-state index contributed by atoms with van der Waals surface area (Å²) in [6.45, 7) is 0. The number of amides is 1. The van der Waals surface area contributed by atoms with Crippen LogP contribution in [0.25, 0.3) is 0 Å². The molecule has 0 aliphatic carbocycles. The molecule has 0 unspecified atom stereocenters. The molecule has 25 heavy (non-hydrogen) atoms. The molecule has 2 aromatic carbocycles. The number of carbonyl (C=O) groups excluding carboxylic acids is 1. The third-order valence-corrected chi connectivity index (χ3v) is 5.18. The quantitative estimate of drug-likeness (QED) is 0.596. The summed E-state index contributed by atoms with van der Waals surface area (Å²) in [7, 11) is 1.62. The van der Waals surface area contributed by atoms with Crippen LogP contribution >= 0.6 is 27.7 Å². The van der Waals surface area contributed by atoms with Gasteiger partial charge in [0.2, 0.25) is 5.91 Å². The number of amidine groups is 1. The van der Waals surface area contributed by atoms with E-state index in [1.165, 1.54) is 11.8 Å². The van der Waals surface area contributed by atoms with Crippen LogP contribution in [0.1, 0.15) is 11.1 Å². The smallest absolute Gasteiger partial charge is 0.239 e. The van der Waals surface area contributed by atoms with Crippen molar-refractivity contribution in [2.75, 3.05) is 7.11 Å². The van der Waals surface area contributed by atoms with Gasteiger partial charge in [-0.2, -0.15) is 5.10 Å². The molecule has 0 saturated carbocycles. The Hall–Kier alpha value is -2.12. The minimum Gasteiger partial charge on any atom is -0.497 e. The van der Waals surface area contributed by atoms with E-state index >= 15 is 0 Å². The van der Waals surface area contributed by atoms with Gasteiger partial charge in [0.15, 0.2) is 5.17 Å². The molecule has 0 spiro atoms. The van der Waals surface area contributed by atoms with E-state index in [0.29, 0.717) is 11.6 Å². The number of methoxy groups -OCH3 is 1. The standard InChI is InChI=1S/C18H16BrN3O2S/c1-24-15-8-4-13(5-9-15)11-20-22-18-21-17(23)16(25-18)10-12-2-6-14(19)7-3-12/h2-9,11,16H,10H2,1H3,(H,21,22,23)/b20-11-/t16-/m0/s1. The lowest BCUT2D eigenvalue weighted by Crippen LogP contribution is -2.25. The van der Waals surface area contributed by atoms with Crippen molar-refractivity contribution in [3.05, 3.63) is 64.1 Å². The Kier molecular flexibility index (Phi) is 5.88. The largest absolute Gasteiger partial charge is 0.497 e. The Morgan fingerprint density at radius 2 is 1.92 bits per heavy atom. The van der Waals surface area contributed by atoms with Crippen molar-refractivity contribution in [2.24, 2.45) is 10.2 Å². The van der Waals surface area contributed by atoms with Crippen LogP contribution in [0.5, 0.6) is 5.75 Å². The van der Waals surface area contributed by atoms with Gasteiger partial charge in [-0.05, 0) is 53.9 Å². The minimum atomic E-state index is -0.184. The summed E-state index contributed by atoms with van der Waals surface area (Å²) in [5, 5.41) is 11.3. The van der Waals surface area contributed by atoms with Crippen molar-refractivity contribution in [3.63, 3.8) is 0 Å². The Bertz CT molecular complexity index is 804.